The molecule has 0 saturated carbocycles. The van der Waals surface area contributed by atoms with Gasteiger partial charge in [0.05, 0.1) is 17.1 Å². The van der Waals surface area contributed by atoms with Crippen LogP contribution in [0.2, 0.25) is 0 Å². The predicted octanol–water partition coefficient (Wildman–Crippen LogP) is 3.82. The molecule has 2 heterocycles. The second-order valence-electron chi connectivity index (χ2n) is 5.03. The van der Waals surface area contributed by atoms with Crippen molar-refractivity contribution in [3.8, 4) is 0 Å². The zero-order valence-corrected chi connectivity index (χ0v) is 13.7. The first-order valence-corrected chi connectivity index (χ1v) is 7.87. The van der Waals surface area contributed by atoms with Crippen LogP contribution in [0.1, 0.15) is 24.6 Å². The van der Waals surface area contributed by atoms with Gasteiger partial charge in [0, 0.05) is 13.5 Å². The van der Waals surface area contributed by atoms with Crippen molar-refractivity contribution in [3.05, 3.63) is 52.7 Å². The second-order valence-corrected chi connectivity index (χ2v) is 5.81. The van der Waals surface area contributed by atoms with Gasteiger partial charge < -0.3 is 14.3 Å². The molecule has 0 fully saturated rings. The molecule has 1 atom stereocenters. The fourth-order valence-corrected chi connectivity index (χ4v) is 2.91. The average molecular weight is 348 g/mol. The molecule has 0 spiro atoms. The lowest BCUT2D eigenvalue weighted by Gasteiger charge is -2.15. The number of fused-ring (bicyclic) bond motifs is 1. The fourth-order valence-electron chi connectivity index (χ4n) is 2.60. The molecule has 3 aromatic rings. The van der Waals surface area contributed by atoms with Gasteiger partial charge in [-0.05, 0) is 46.7 Å². The summed E-state index contributed by atoms with van der Waals surface area (Å²) < 4.78 is 8.61. The molecule has 21 heavy (non-hydrogen) atoms. The van der Waals surface area contributed by atoms with E-state index in [1.54, 1.807) is 0 Å². The first-order valence-electron chi connectivity index (χ1n) is 7.08. The molecule has 4 nitrogen and oxygen atoms in total. The van der Waals surface area contributed by atoms with Crippen molar-refractivity contribution in [3.63, 3.8) is 0 Å². The van der Waals surface area contributed by atoms with Gasteiger partial charge in [0.1, 0.15) is 11.6 Å². The van der Waals surface area contributed by atoms with E-state index in [1.807, 2.05) is 30.3 Å². The van der Waals surface area contributed by atoms with Gasteiger partial charge in [-0.25, -0.2) is 4.98 Å². The number of nitrogens with zero attached hydrogens (tertiary/aromatic N) is 2. The minimum absolute atomic E-state index is 0.122. The van der Waals surface area contributed by atoms with Gasteiger partial charge in [-0.15, -0.1) is 0 Å². The lowest BCUT2D eigenvalue weighted by molar-refractivity contribution is 0.399. The highest BCUT2D eigenvalue weighted by molar-refractivity contribution is 9.10. The van der Waals surface area contributed by atoms with Gasteiger partial charge >= 0.3 is 0 Å². The third kappa shape index (κ3) is 2.89. The topological polar surface area (TPSA) is 43.0 Å². The Balaban J connectivity index is 1.92. The summed E-state index contributed by atoms with van der Waals surface area (Å²) in [6.07, 6.45) is 0.791. The zero-order chi connectivity index (χ0) is 14.8. The molecular formula is C16H18BrN3O. The summed E-state index contributed by atoms with van der Waals surface area (Å²) in [5.41, 5.74) is 2.19. The largest absolute Gasteiger partial charge is 0.453 e. The third-order valence-electron chi connectivity index (χ3n) is 3.65. The maximum absolute atomic E-state index is 5.70. The van der Waals surface area contributed by atoms with Crippen LogP contribution in [0.25, 0.3) is 11.0 Å². The van der Waals surface area contributed by atoms with Crippen molar-refractivity contribution in [1.82, 2.24) is 14.9 Å². The molecule has 3 rings (SSSR count). The third-order valence-corrected chi connectivity index (χ3v) is 4.08. The Morgan fingerprint density at radius 1 is 1.29 bits per heavy atom. The number of aromatic nitrogens is 2. The van der Waals surface area contributed by atoms with Gasteiger partial charge in [0.25, 0.3) is 0 Å². The number of para-hydroxylation sites is 2. The number of nitrogens with one attached hydrogen (secondary N) is 1. The Labute approximate surface area is 132 Å². The molecule has 0 aliphatic rings. The Hall–Kier alpha value is -1.59. The minimum Gasteiger partial charge on any atom is -0.453 e. The molecule has 1 unspecified atom stereocenters. The average Bonchev–Trinajstić information content (AvgIpc) is 3.04. The molecule has 2 aromatic heterocycles. The summed E-state index contributed by atoms with van der Waals surface area (Å²) in [6.45, 7) is 2.98. The summed E-state index contributed by atoms with van der Waals surface area (Å²) in [7, 11) is 2.06. The van der Waals surface area contributed by atoms with Gasteiger partial charge in [-0.1, -0.05) is 19.1 Å². The molecule has 0 aliphatic heterocycles. The molecule has 0 saturated heterocycles. The lowest BCUT2D eigenvalue weighted by atomic mass is 10.1. The minimum atomic E-state index is 0.122. The normalized spacial score (nSPS) is 12.9. The zero-order valence-electron chi connectivity index (χ0n) is 12.1. The quantitative estimate of drug-likeness (QED) is 0.762. The monoisotopic (exact) mass is 347 g/mol. The number of rotatable bonds is 5. The van der Waals surface area contributed by atoms with Gasteiger partial charge in [0.2, 0.25) is 0 Å². The first-order chi connectivity index (χ1) is 10.2. The maximum Gasteiger partial charge on any atom is 0.169 e. The summed E-state index contributed by atoms with van der Waals surface area (Å²) in [5, 5.41) is 3.46. The Bertz CT molecular complexity index is 747. The van der Waals surface area contributed by atoms with Crippen molar-refractivity contribution in [2.75, 3.05) is 6.54 Å². The van der Waals surface area contributed by atoms with E-state index in [0.29, 0.717) is 0 Å². The predicted molar refractivity (Wildman–Crippen MR) is 87.2 cm³/mol. The molecule has 5 heteroatoms. The number of hydrogen-bond acceptors (Lipinski definition) is 3. The van der Waals surface area contributed by atoms with Gasteiger partial charge in [-0.2, -0.15) is 0 Å². The van der Waals surface area contributed by atoms with Crippen LogP contribution in [0.15, 0.2) is 45.5 Å². The van der Waals surface area contributed by atoms with Crippen molar-refractivity contribution in [1.29, 1.82) is 0 Å². The molecule has 0 bridgehead atoms. The van der Waals surface area contributed by atoms with Crippen LogP contribution in [0.5, 0.6) is 0 Å². The molecular weight excluding hydrogens is 330 g/mol. The van der Waals surface area contributed by atoms with Crippen LogP contribution in [0.3, 0.4) is 0 Å². The number of furan rings is 1. The number of benzene rings is 1. The van der Waals surface area contributed by atoms with Crippen LogP contribution >= 0.6 is 15.9 Å². The van der Waals surface area contributed by atoms with Crippen LogP contribution in [-0.4, -0.2) is 16.1 Å². The smallest absolute Gasteiger partial charge is 0.169 e. The van der Waals surface area contributed by atoms with Crippen LogP contribution in [-0.2, 0) is 13.5 Å². The van der Waals surface area contributed by atoms with E-state index >= 15 is 0 Å². The standard InChI is InChI=1S/C16H18BrN3O/c1-3-18-12(14-8-9-15(17)21-14)10-16-19-11-6-4-5-7-13(11)20(16)2/h4-9,12,18H,3,10H2,1-2H3. The molecule has 110 valence electrons. The van der Waals surface area contributed by atoms with Crippen molar-refractivity contribution in [2.45, 2.75) is 19.4 Å². The highest BCUT2D eigenvalue weighted by Gasteiger charge is 2.18. The molecule has 1 N–H and O–H groups in total. The summed E-state index contributed by atoms with van der Waals surface area (Å²) in [4.78, 5) is 4.74. The first kappa shape index (κ1) is 14.4. The number of halogens is 1. The van der Waals surface area contributed by atoms with E-state index in [4.69, 9.17) is 9.40 Å². The van der Waals surface area contributed by atoms with E-state index in [2.05, 4.69) is 45.9 Å². The highest BCUT2D eigenvalue weighted by Crippen LogP contribution is 2.24. The molecule has 0 amide bonds. The van der Waals surface area contributed by atoms with Crippen LogP contribution in [0, 0.1) is 0 Å². The number of hydrogen-bond donors (Lipinski definition) is 1. The summed E-state index contributed by atoms with van der Waals surface area (Å²) in [6, 6.07) is 12.2. The molecule has 1 aromatic carbocycles. The summed E-state index contributed by atoms with van der Waals surface area (Å²) in [5.74, 6) is 1.98. The van der Waals surface area contributed by atoms with Crippen molar-refractivity contribution >= 4 is 27.0 Å². The lowest BCUT2D eigenvalue weighted by Crippen LogP contribution is -2.23. The number of imidazole rings is 1. The van der Waals surface area contributed by atoms with E-state index < -0.39 is 0 Å². The van der Waals surface area contributed by atoms with Crippen LogP contribution < -0.4 is 5.32 Å². The number of aryl methyl sites for hydroxylation is 1. The summed E-state index contributed by atoms with van der Waals surface area (Å²) >= 11 is 3.36. The van der Waals surface area contributed by atoms with E-state index in [9.17, 15) is 0 Å². The number of likely N-dealkylation sites (N-methyl/N-ethyl adjacent to an activating group) is 1. The SMILES string of the molecule is CCNC(Cc1nc2ccccc2n1C)c1ccc(Br)o1. The van der Waals surface area contributed by atoms with E-state index in [-0.39, 0.29) is 6.04 Å². The molecule has 0 aliphatic carbocycles. The maximum atomic E-state index is 5.70. The molecule has 0 radical (unpaired) electrons. The van der Waals surface area contributed by atoms with Crippen LogP contribution in [0.4, 0.5) is 0 Å². The fraction of sp³-hybridized carbons (Fsp3) is 0.312. The van der Waals surface area contributed by atoms with E-state index in [0.717, 1.165) is 40.3 Å². The highest BCUT2D eigenvalue weighted by atomic mass is 79.9. The Kier molecular flexibility index (Phi) is 4.12. The second kappa shape index (κ2) is 6.03. The van der Waals surface area contributed by atoms with E-state index in [1.165, 1.54) is 0 Å². The van der Waals surface area contributed by atoms with Crippen molar-refractivity contribution in [2.24, 2.45) is 7.05 Å². The van der Waals surface area contributed by atoms with Gasteiger partial charge in [-0.3, -0.25) is 0 Å². The van der Waals surface area contributed by atoms with Crippen molar-refractivity contribution < 1.29 is 4.42 Å². The Morgan fingerprint density at radius 3 is 2.76 bits per heavy atom. The Morgan fingerprint density at radius 2 is 2.10 bits per heavy atom. The van der Waals surface area contributed by atoms with Gasteiger partial charge in [0.15, 0.2) is 4.67 Å².